The van der Waals surface area contributed by atoms with Crippen molar-refractivity contribution in [2.24, 2.45) is 11.8 Å². The molecule has 2 heteroatoms. The smallest absolute Gasteiger partial charge is 0.0408 e. The molecule has 1 fully saturated rings. The standard InChI is InChI=1S/C34H54ClN/c1-6-12-30-24-32(35)20-21-33(30)31-19-18-29-17-16-28(5)23-34(29)36(25-31)22-11-15-27(4)14-10-8-9-13-26(3)7-2/h16-17,20-21,24,26-27,31,34H,6-15,18-19,22-23,25H2,1-5H3. The Morgan fingerprint density at radius 3 is 2.47 bits per heavy atom. The molecule has 202 valence electrons. The van der Waals surface area contributed by atoms with Gasteiger partial charge in [0.25, 0.3) is 0 Å². The van der Waals surface area contributed by atoms with Gasteiger partial charge >= 0.3 is 0 Å². The Morgan fingerprint density at radius 2 is 1.72 bits per heavy atom. The SMILES string of the molecule is CCCc1cc(Cl)ccc1C1CCC2=CC=C(C)CC2N(CCCC(C)CCCCCC(C)CC)C1. The number of hydrogen-bond acceptors (Lipinski definition) is 1. The van der Waals surface area contributed by atoms with Crippen LogP contribution in [0.5, 0.6) is 0 Å². The maximum atomic E-state index is 6.41. The largest absolute Gasteiger partial charge is 0.296 e. The van der Waals surface area contributed by atoms with Crippen LogP contribution in [0.4, 0.5) is 0 Å². The average Bonchev–Trinajstić information content (AvgIpc) is 3.03. The minimum atomic E-state index is 0.609. The van der Waals surface area contributed by atoms with E-state index >= 15 is 0 Å². The fraction of sp³-hybridized carbons (Fsp3) is 0.706. The quantitative estimate of drug-likeness (QED) is 0.224. The molecule has 3 rings (SSSR count). The van der Waals surface area contributed by atoms with Crippen molar-refractivity contribution in [2.75, 3.05) is 13.1 Å². The second-order valence-electron chi connectivity index (χ2n) is 12.2. The van der Waals surface area contributed by atoms with Crippen molar-refractivity contribution in [3.63, 3.8) is 0 Å². The second-order valence-corrected chi connectivity index (χ2v) is 12.6. The van der Waals surface area contributed by atoms with E-state index < -0.39 is 0 Å². The summed E-state index contributed by atoms with van der Waals surface area (Å²) >= 11 is 6.41. The number of hydrogen-bond donors (Lipinski definition) is 0. The molecule has 1 saturated heterocycles. The summed E-state index contributed by atoms with van der Waals surface area (Å²) in [6.07, 6.45) is 22.0. The van der Waals surface area contributed by atoms with Gasteiger partial charge in [-0.3, -0.25) is 4.90 Å². The second kappa shape index (κ2) is 15.4. The molecule has 36 heavy (non-hydrogen) atoms. The molecule has 0 amide bonds. The molecule has 0 bridgehead atoms. The van der Waals surface area contributed by atoms with E-state index in [1.165, 1.54) is 101 Å². The van der Waals surface area contributed by atoms with Gasteiger partial charge < -0.3 is 0 Å². The van der Waals surface area contributed by atoms with Crippen LogP contribution in [0.3, 0.4) is 0 Å². The Kier molecular flexibility index (Phi) is 12.6. The molecule has 1 aliphatic carbocycles. The highest BCUT2D eigenvalue weighted by molar-refractivity contribution is 6.30. The van der Waals surface area contributed by atoms with Crippen molar-refractivity contribution >= 4 is 11.6 Å². The first-order chi connectivity index (χ1) is 17.4. The number of rotatable bonds is 14. The fourth-order valence-electron chi connectivity index (χ4n) is 6.43. The highest BCUT2D eigenvalue weighted by Gasteiger charge is 2.31. The Labute approximate surface area is 228 Å². The summed E-state index contributed by atoms with van der Waals surface area (Å²) in [6, 6.07) is 7.30. The summed E-state index contributed by atoms with van der Waals surface area (Å²) in [5.74, 6) is 2.37. The number of unbranched alkanes of at least 4 members (excludes halogenated alkanes) is 2. The van der Waals surface area contributed by atoms with Crippen LogP contribution >= 0.6 is 11.6 Å². The van der Waals surface area contributed by atoms with Crippen LogP contribution < -0.4 is 0 Å². The van der Waals surface area contributed by atoms with Gasteiger partial charge in [-0.1, -0.05) is 114 Å². The van der Waals surface area contributed by atoms with Crippen LogP contribution in [-0.4, -0.2) is 24.0 Å². The van der Waals surface area contributed by atoms with Crippen molar-refractivity contribution in [2.45, 2.75) is 130 Å². The van der Waals surface area contributed by atoms with Crippen LogP contribution in [0.1, 0.15) is 129 Å². The van der Waals surface area contributed by atoms with Crippen molar-refractivity contribution in [1.82, 2.24) is 4.90 Å². The Bertz CT molecular complexity index is 853. The molecule has 0 radical (unpaired) electrons. The van der Waals surface area contributed by atoms with Gasteiger partial charge in [-0.15, -0.1) is 0 Å². The molecular weight excluding hydrogens is 458 g/mol. The number of allylic oxidation sites excluding steroid dienone is 2. The van der Waals surface area contributed by atoms with Gasteiger partial charge in [-0.05, 0) is 93.0 Å². The molecular formula is C34H54ClN. The molecule has 0 N–H and O–H groups in total. The van der Waals surface area contributed by atoms with Crippen molar-refractivity contribution in [3.05, 3.63) is 57.6 Å². The lowest BCUT2D eigenvalue weighted by Gasteiger charge is -2.35. The van der Waals surface area contributed by atoms with E-state index in [0.717, 1.165) is 23.3 Å². The predicted molar refractivity (Wildman–Crippen MR) is 160 cm³/mol. The highest BCUT2D eigenvalue weighted by atomic mass is 35.5. The predicted octanol–water partition coefficient (Wildman–Crippen LogP) is 10.5. The first kappa shape index (κ1) is 29.5. The third-order valence-electron chi connectivity index (χ3n) is 9.00. The molecule has 1 heterocycles. The third-order valence-corrected chi connectivity index (χ3v) is 9.23. The zero-order chi connectivity index (χ0) is 25.9. The van der Waals surface area contributed by atoms with Crippen LogP contribution in [0.2, 0.25) is 5.02 Å². The van der Waals surface area contributed by atoms with Crippen molar-refractivity contribution in [3.8, 4) is 0 Å². The van der Waals surface area contributed by atoms with Crippen LogP contribution in [-0.2, 0) is 6.42 Å². The molecule has 4 unspecified atom stereocenters. The fourth-order valence-corrected chi connectivity index (χ4v) is 6.63. The number of aryl methyl sites for hydroxylation is 1. The normalized spacial score (nSPS) is 22.4. The molecule has 0 saturated carbocycles. The minimum Gasteiger partial charge on any atom is -0.296 e. The Morgan fingerprint density at radius 1 is 0.972 bits per heavy atom. The molecule has 1 aromatic rings. The number of nitrogens with zero attached hydrogens (tertiary/aromatic N) is 1. The van der Waals surface area contributed by atoms with Gasteiger partial charge in [0.05, 0.1) is 0 Å². The zero-order valence-corrected chi connectivity index (χ0v) is 24.9. The summed E-state index contributed by atoms with van der Waals surface area (Å²) in [7, 11) is 0. The lowest BCUT2D eigenvalue weighted by molar-refractivity contribution is 0.205. The molecule has 0 aromatic heterocycles. The minimum absolute atomic E-state index is 0.609. The van der Waals surface area contributed by atoms with Gasteiger partial charge in [0.15, 0.2) is 0 Å². The topological polar surface area (TPSA) is 3.24 Å². The van der Waals surface area contributed by atoms with Gasteiger partial charge in [0.1, 0.15) is 0 Å². The van der Waals surface area contributed by atoms with E-state index in [1.807, 2.05) is 0 Å². The van der Waals surface area contributed by atoms with E-state index in [0.29, 0.717) is 12.0 Å². The molecule has 1 nitrogen and oxygen atoms in total. The van der Waals surface area contributed by atoms with Crippen molar-refractivity contribution < 1.29 is 0 Å². The van der Waals surface area contributed by atoms with Crippen LogP contribution in [0.15, 0.2) is 41.5 Å². The van der Waals surface area contributed by atoms with Gasteiger partial charge in [0, 0.05) is 17.6 Å². The Balaban J connectivity index is 1.59. The number of benzene rings is 1. The average molecular weight is 512 g/mol. The van der Waals surface area contributed by atoms with Crippen LogP contribution in [0.25, 0.3) is 0 Å². The summed E-state index contributed by atoms with van der Waals surface area (Å²) in [4.78, 5) is 2.86. The summed E-state index contributed by atoms with van der Waals surface area (Å²) in [5.41, 5.74) is 6.24. The van der Waals surface area contributed by atoms with Crippen LogP contribution in [0, 0.1) is 11.8 Å². The summed E-state index contributed by atoms with van der Waals surface area (Å²) in [5, 5.41) is 0.887. The van der Waals surface area contributed by atoms with Gasteiger partial charge in [0.2, 0.25) is 0 Å². The lowest BCUT2D eigenvalue weighted by Crippen LogP contribution is -2.39. The van der Waals surface area contributed by atoms with E-state index in [-0.39, 0.29) is 0 Å². The molecule has 0 spiro atoms. The Hall–Kier alpha value is -1.05. The first-order valence-corrected chi connectivity index (χ1v) is 15.7. The number of fused-ring (bicyclic) bond motifs is 1. The first-order valence-electron chi connectivity index (χ1n) is 15.3. The molecule has 1 aliphatic heterocycles. The molecule has 2 aliphatic rings. The number of halogens is 1. The molecule has 4 atom stereocenters. The summed E-state index contributed by atoms with van der Waals surface area (Å²) in [6.45, 7) is 14.2. The maximum Gasteiger partial charge on any atom is 0.0408 e. The zero-order valence-electron chi connectivity index (χ0n) is 24.1. The van der Waals surface area contributed by atoms with E-state index in [9.17, 15) is 0 Å². The van der Waals surface area contributed by atoms with E-state index in [4.69, 9.17) is 11.6 Å². The van der Waals surface area contributed by atoms with E-state index in [2.05, 4.69) is 69.9 Å². The molecule has 1 aromatic carbocycles. The van der Waals surface area contributed by atoms with Gasteiger partial charge in [-0.2, -0.15) is 0 Å². The highest BCUT2D eigenvalue weighted by Crippen LogP contribution is 2.38. The van der Waals surface area contributed by atoms with Gasteiger partial charge in [-0.25, -0.2) is 0 Å². The number of likely N-dealkylation sites (tertiary alicyclic amines) is 1. The van der Waals surface area contributed by atoms with Crippen molar-refractivity contribution in [1.29, 1.82) is 0 Å². The maximum absolute atomic E-state index is 6.41. The third kappa shape index (κ3) is 9.05. The lowest BCUT2D eigenvalue weighted by atomic mass is 9.87. The monoisotopic (exact) mass is 511 g/mol. The van der Waals surface area contributed by atoms with E-state index in [1.54, 1.807) is 11.1 Å². The summed E-state index contributed by atoms with van der Waals surface area (Å²) < 4.78 is 0.